The summed E-state index contributed by atoms with van der Waals surface area (Å²) in [6.45, 7) is 4.42. The van der Waals surface area contributed by atoms with E-state index in [1.807, 2.05) is 12.1 Å². The Morgan fingerprint density at radius 3 is 2.86 bits per heavy atom. The molecule has 21 heavy (non-hydrogen) atoms. The third-order valence-electron chi connectivity index (χ3n) is 4.34. The number of nitrogens with zero attached hydrogens (tertiary/aromatic N) is 2. The number of imidazole rings is 1. The summed E-state index contributed by atoms with van der Waals surface area (Å²) < 4.78 is 2.29. The van der Waals surface area contributed by atoms with Crippen LogP contribution in [-0.4, -0.2) is 20.6 Å². The lowest BCUT2D eigenvalue weighted by Crippen LogP contribution is -2.09. The largest absolute Gasteiger partial charge is 0.478 e. The van der Waals surface area contributed by atoms with E-state index in [1.54, 1.807) is 6.07 Å². The molecule has 1 aliphatic rings. The van der Waals surface area contributed by atoms with Crippen molar-refractivity contribution in [2.24, 2.45) is 0 Å². The standard InChI is InChI=1S/C17H22N2O2/c1-3-4-6-11(2)19-14-8-5-7-13(17(20)21)15(14)18-16(19)12-9-10-12/h5,7-8,11-12H,3-4,6,9-10H2,1-2H3,(H,20,21). The highest BCUT2D eigenvalue weighted by Crippen LogP contribution is 2.42. The summed E-state index contributed by atoms with van der Waals surface area (Å²) in [5.74, 6) is 0.708. The van der Waals surface area contributed by atoms with Gasteiger partial charge in [0.1, 0.15) is 11.3 Å². The molecule has 0 amide bonds. The van der Waals surface area contributed by atoms with Crippen molar-refractivity contribution in [3.8, 4) is 0 Å². The average Bonchev–Trinajstić information content (AvgIpc) is 3.24. The van der Waals surface area contributed by atoms with Gasteiger partial charge < -0.3 is 9.67 Å². The summed E-state index contributed by atoms with van der Waals surface area (Å²) in [7, 11) is 0. The molecule has 1 unspecified atom stereocenters. The highest BCUT2D eigenvalue weighted by Gasteiger charge is 2.31. The molecule has 0 spiro atoms. The quantitative estimate of drug-likeness (QED) is 0.858. The van der Waals surface area contributed by atoms with Crippen LogP contribution in [-0.2, 0) is 0 Å². The molecule has 3 rings (SSSR count). The Kier molecular flexibility index (Phi) is 3.70. The maximum atomic E-state index is 11.4. The zero-order valence-electron chi connectivity index (χ0n) is 12.7. The van der Waals surface area contributed by atoms with Crippen LogP contribution in [0.5, 0.6) is 0 Å². The topological polar surface area (TPSA) is 55.1 Å². The van der Waals surface area contributed by atoms with Gasteiger partial charge in [0.15, 0.2) is 0 Å². The van der Waals surface area contributed by atoms with Crippen LogP contribution in [0.15, 0.2) is 18.2 Å². The molecule has 0 bridgehead atoms. The van der Waals surface area contributed by atoms with Gasteiger partial charge >= 0.3 is 5.97 Å². The van der Waals surface area contributed by atoms with E-state index in [0.717, 1.165) is 17.8 Å². The minimum Gasteiger partial charge on any atom is -0.478 e. The highest BCUT2D eigenvalue weighted by atomic mass is 16.4. The lowest BCUT2D eigenvalue weighted by molar-refractivity contribution is 0.0699. The first-order valence-corrected chi connectivity index (χ1v) is 7.87. The SMILES string of the molecule is CCCCC(C)n1c(C2CC2)nc2c(C(=O)O)cccc21. The summed E-state index contributed by atoms with van der Waals surface area (Å²) >= 11 is 0. The number of fused-ring (bicyclic) bond motifs is 1. The number of hydrogen-bond donors (Lipinski definition) is 1. The molecule has 1 aromatic carbocycles. The van der Waals surface area contributed by atoms with Crippen LogP contribution >= 0.6 is 0 Å². The molecule has 1 atom stereocenters. The molecular formula is C17H22N2O2. The first-order valence-electron chi connectivity index (χ1n) is 7.87. The number of unbranched alkanes of at least 4 members (excludes halogenated alkanes) is 1. The average molecular weight is 286 g/mol. The number of carbonyl (C=O) groups is 1. The molecule has 1 aromatic heterocycles. The van der Waals surface area contributed by atoms with E-state index in [4.69, 9.17) is 4.98 Å². The maximum absolute atomic E-state index is 11.4. The van der Waals surface area contributed by atoms with Gasteiger partial charge in [-0.05, 0) is 38.3 Å². The Bertz CT molecular complexity index is 671. The molecule has 2 aromatic rings. The Labute approximate surface area is 124 Å². The third-order valence-corrected chi connectivity index (χ3v) is 4.34. The van der Waals surface area contributed by atoms with E-state index >= 15 is 0 Å². The predicted molar refractivity (Wildman–Crippen MR) is 82.9 cm³/mol. The number of carboxylic acid groups (broad SMARTS) is 1. The summed E-state index contributed by atoms with van der Waals surface area (Å²) in [6, 6.07) is 5.85. The summed E-state index contributed by atoms with van der Waals surface area (Å²) in [6.07, 6.45) is 5.82. The van der Waals surface area contributed by atoms with Crippen molar-refractivity contribution in [1.82, 2.24) is 9.55 Å². The van der Waals surface area contributed by atoms with Crippen molar-refractivity contribution >= 4 is 17.0 Å². The first kappa shape index (κ1) is 14.1. The summed E-state index contributed by atoms with van der Waals surface area (Å²) in [4.78, 5) is 16.1. The summed E-state index contributed by atoms with van der Waals surface area (Å²) in [5, 5.41) is 9.37. The molecule has 4 nitrogen and oxygen atoms in total. The fourth-order valence-electron chi connectivity index (χ4n) is 3.03. The number of hydrogen-bond acceptors (Lipinski definition) is 2. The van der Waals surface area contributed by atoms with Gasteiger partial charge in [-0.2, -0.15) is 0 Å². The molecule has 0 aliphatic heterocycles. The van der Waals surface area contributed by atoms with Crippen molar-refractivity contribution < 1.29 is 9.90 Å². The van der Waals surface area contributed by atoms with E-state index in [0.29, 0.717) is 23.0 Å². The second kappa shape index (κ2) is 5.51. The van der Waals surface area contributed by atoms with Gasteiger partial charge in [0.05, 0.1) is 11.1 Å². The molecular weight excluding hydrogens is 264 g/mol. The fourth-order valence-corrected chi connectivity index (χ4v) is 3.03. The van der Waals surface area contributed by atoms with Gasteiger partial charge in [0, 0.05) is 12.0 Å². The third kappa shape index (κ3) is 2.55. The highest BCUT2D eigenvalue weighted by molar-refractivity contribution is 6.01. The lowest BCUT2D eigenvalue weighted by Gasteiger charge is -2.17. The number of carboxylic acids is 1. The van der Waals surface area contributed by atoms with E-state index in [-0.39, 0.29) is 0 Å². The molecule has 4 heteroatoms. The minimum atomic E-state index is -0.895. The number of aromatic carboxylic acids is 1. The van der Waals surface area contributed by atoms with Crippen LogP contribution in [0.1, 0.15) is 74.1 Å². The van der Waals surface area contributed by atoms with E-state index in [9.17, 15) is 9.90 Å². The second-order valence-corrected chi connectivity index (χ2v) is 6.08. The van der Waals surface area contributed by atoms with E-state index in [2.05, 4.69) is 18.4 Å². The molecule has 112 valence electrons. The predicted octanol–water partition coefficient (Wildman–Crippen LogP) is 4.36. The smallest absolute Gasteiger partial charge is 0.337 e. The van der Waals surface area contributed by atoms with Crippen LogP contribution in [0.3, 0.4) is 0 Å². The van der Waals surface area contributed by atoms with Crippen LogP contribution in [0.25, 0.3) is 11.0 Å². The Balaban J connectivity index is 2.13. The van der Waals surface area contributed by atoms with Crippen molar-refractivity contribution in [3.05, 3.63) is 29.6 Å². The van der Waals surface area contributed by atoms with Crippen LogP contribution < -0.4 is 0 Å². The lowest BCUT2D eigenvalue weighted by atomic mass is 10.1. The molecule has 1 saturated carbocycles. The fraction of sp³-hybridized carbons (Fsp3) is 0.529. The van der Waals surface area contributed by atoms with Crippen molar-refractivity contribution in [2.45, 2.75) is 57.9 Å². The second-order valence-electron chi connectivity index (χ2n) is 6.08. The zero-order valence-corrected chi connectivity index (χ0v) is 12.7. The van der Waals surface area contributed by atoms with Gasteiger partial charge in [-0.15, -0.1) is 0 Å². The molecule has 1 heterocycles. The van der Waals surface area contributed by atoms with Crippen molar-refractivity contribution in [1.29, 1.82) is 0 Å². The molecule has 1 fully saturated rings. The summed E-state index contributed by atoms with van der Waals surface area (Å²) in [5.41, 5.74) is 1.94. The van der Waals surface area contributed by atoms with Crippen molar-refractivity contribution in [2.75, 3.05) is 0 Å². The Morgan fingerprint density at radius 1 is 1.48 bits per heavy atom. The van der Waals surface area contributed by atoms with Gasteiger partial charge in [0.25, 0.3) is 0 Å². The first-order chi connectivity index (χ1) is 10.1. The molecule has 0 saturated heterocycles. The number of aromatic nitrogens is 2. The maximum Gasteiger partial charge on any atom is 0.337 e. The number of benzene rings is 1. The van der Waals surface area contributed by atoms with E-state index in [1.165, 1.54) is 25.7 Å². The van der Waals surface area contributed by atoms with Gasteiger partial charge in [-0.3, -0.25) is 0 Å². The monoisotopic (exact) mass is 286 g/mol. The zero-order chi connectivity index (χ0) is 15.0. The van der Waals surface area contributed by atoms with Crippen molar-refractivity contribution in [3.63, 3.8) is 0 Å². The minimum absolute atomic E-state index is 0.316. The number of para-hydroxylation sites is 1. The number of rotatable bonds is 6. The molecule has 1 aliphatic carbocycles. The Morgan fingerprint density at radius 2 is 2.24 bits per heavy atom. The van der Waals surface area contributed by atoms with Crippen LogP contribution in [0.4, 0.5) is 0 Å². The normalized spacial score (nSPS) is 16.3. The van der Waals surface area contributed by atoms with Crippen LogP contribution in [0.2, 0.25) is 0 Å². The Hall–Kier alpha value is -1.84. The van der Waals surface area contributed by atoms with Gasteiger partial charge in [-0.1, -0.05) is 25.8 Å². The van der Waals surface area contributed by atoms with Crippen LogP contribution in [0, 0.1) is 0 Å². The molecule has 1 N–H and O–H groups in total. The van der Waals surface area contributed by atoms with E-state index < -0.39 is 5.97 Å². The molecule has 0 radical (unpaired) electrons. The van der Waals surface area contributed by atoms with Gasteiger partial charge in [-0.25, -0.2) is 9.78 Å². The van der Waals surface area contributed by atoms with Gasteiger partial charge in [0.2, 0.25) is 0 Å².